The molecule has 0 bridgehead atoms. The summed E-state index contributed by atoms with van der Waals surface area (Å²) in [6, 6.07) is 0. The van der Waals surface area contributed by atoms with E-state index in [-0.39, 0.29) is 5.97 Å². The molecule has 5 saturated carbocycles. The summed E-state index contributed by atoms with van der Waals surface area (Å²) in [7, 11) is 3.50. The minimum Gasteiger partial charge on any atom is -0.469 e. The minimum atomic E-state index is -0.0526. The van der Waals surface area contributed by atoms with Gasteiger partial charge in [-0.1, -0.05) is 20.8 Å². The van der Waals surface area contributed by atoms with Gasteiger partial charge in [-0.15, -0.1) is 0 Å². The Balaban J connectivity index is 1.33. The number of carbonyl (C=O) groups excluding carboxylic acids is 1. The van der Waals surface area contributed by atoms with Gasteiger partial charge in [0.15, 0.2) is 0 Å². The van der Waals surface area contributed by atoms with E-state index in [0.717, 1.165) is 36.0 Å². The van der Waals surface area contributed by atoms with Crippen molar-refractivity contribution in [3.63, 3.8) is 0 Å². The molecular formula is C27H44O3. The molecule has 0 amide bonds. The molecule has 3 nitrogen and oxygen atoms in total. The number of rotatable bonds is 6. The maximum atomic E-state index is 11.5. The van der Waals surface area contributed by atoms with Gasteiger partial charge in [0, 0.05) is 18.9 Å². The fraction of sp³-hybridized carbons (Fsp3) is 0.963. The zero-order valence-electron chi connectivity index (χ0n) is 20.0. The molecule has 5 fully saturated rings. The van der Waals surface area contributed by atoms with Crippen molar-refractivity contribution in [3.8, 4) is 0 Å². The summed E-state index contributed by atoms with van der Waals surface area (Å²) < 4.78 is 11.1. The first-order valence-electron chi connectivity index (χ1n) is 12.9. The Hall–Kier alpha value is -0.570. The lowest BCUT2D eigenvalue weighted by molar-refractivity contribution is -0.161. The Bertz CT molecular complexity index is 690. The smallest absolute Gasteiger partial charge is 0.305 e. The lowest BCUT2D eigenvalue weighted by Gasteiger charge is -2.61. The predicted octanol–water partition coefficient (Wildman–Crippen LogP) is 6.25. The van der Waals surface area contributed by atoms with Crippen molar-refractivity contribution < 1.29 is 14.3 Å². The van der Waals surface area contributed by atoms with Gasteiger partial charge in [0.1, 0.15) is 0 Å². The van der Waals surface area contributed by atoms with Crippen LogP contribution < -0.4 is 0 Å². The van der Waals surface area contributed by atoms with E-state index in [1.807, 2.05) is 7.11 Å². The molecule has 0 aromatic rings. The van der Waals surface area contributed by atoms with Crippen LogP contribution in [0.4, 0.5) is 0 Å². The van der Waals surface area contributed by atoms with Crippen LogP contribution in [0.25, 0.3) is 0 Å². The van der Waals surface area contributed by atoms with Crippen LogP contribution in [0.15, 0.2) is 0 Å². The quantitative estimate of drug-likeness (QED) is 0.480. The molecule has 30 heavy (non-hydrogen) atoms. The van der Waals surface area contributed by atoms with Crippen LogP contribution in [0.3, 0.4) is 0 Å². The van der Waals surface area contributed by atoms with Gasteiger partial charge in [-0.3, -0.25) is 4.79 Å². The molecule has 0 saturated heterocycles. The highest BCUT2D eigenvalue weighted by atomic mass is 16.5. The zero-order chi connectivity index (χ0) is 21.3. The molecule has 5 aliphatic carbocycles. The number of ether oxygens (including phenoxy) is 2. The van der Waals surface area contributed by atoms with Gasteiger partial charge in [0.25, 0.3) is 0 Å². The van der Waals surface area contributed by atoms with Crippen molar-refractivity contribution >= 4 is 5.97 Å². The standard InChI is InChI=1S/C27H44O3/c1-17(7-6-8-24(28)30-5)20-9-10-21-19-15-23(29-4)27-16-18(27)11-14-26(27,3)22(19)12-13-25(20,21)2/h17-23H,6-16H2,1-5H3/t17-,18?,19?,20?,21?,22?,23?,25?,26-,27?/m1/s1. The molecule has 0 aliphatic heterocycles. The molecule has 5 rings (SSSR count). The van der Waals surface area contributed by atoms with Gasteiger partial charge in [-0.25, -0.2) is 0 Å². The second-order valence-electron chi connectivity index (χ2n) is 12.4. The molecule has 0 radical (unpaired) electrons. The SMILES string of the molecule is COC(=O)CCC[C@@H](C)C1CCC2C3CC(OC)C45CC4CC[C@]5(C)C3CCC21C. The monoisotopic (exact) mass is 416 g/mol. The van der Waals surface area contributed by atoms with Gasteiger partial charge in [0.2, 0.25) is 0 Å². The number of carbonyl (C=O) groups is 1. The first kappa shape index (κ1) is 21.3. The number of fused-ring (bicyclic) bond motifs is 4. The highest BCUT2D eigenvalue weighted by Gasteiger charge is 2.77. The number of methoxy groups -OCH3 is 2. The molecular weight excluding hydrogens is 372 g/mol. The van der Waals surface area contributed by atoms with Crippen LogP contribution in [0, 0.1) is 51.8 Å². The van der Waals surface area contributed by atoms with E-state index < -0.39 is 0 Å². The van der Waals surface area contributed by atoms with Crippen LogP contribution in [0.2, 0.25) is 0 Å². The Labute approximate surface area is 184 Å². The highest BCUT2D eigenvalue weighted by molar-refractivity contribution is 5.68. The molecule has 5 aliphatic rings. The Morgan fingerprint density at radius 1 is 1.07 bits per heavy atom. The van der Waals surface area contributed by atoms with Gasteiger partial charge in [0.05, 0.1) is 13.2 Å². The fourth-order valence-electron chi connectivity index (χ4n) is 10.4. The van der Waals surface area contributed by atoms with E-state index in [2.05, 4.69) is 20.8 Å². The molecule has 0 aromatic carbocycles. The Morgan fingerprint density at radius 2 is 1.87 bits per heavy atom. The zero-order valence-corrected chi connectivity index (χ0v) is 20.0. The molecule has 8 unspecified atom stereocenters. The van der Waals surface area contributed by atoms with E-state index in [0.29, 0.717) is 34.7 Å². The largest absolute Gasteiger partial charge is 0.469 e. The number of hydrogen-bond acceptors (Lipinski definition) is 3. The molecule has 1 spiro atoms. The maximum absolute atomic E-state index is 11.5. The van der Waals surface area contributed by atoms with Crippen LogP contribution in [0.1, 0.15) is 91.4 Å². The van der Waals surface area contributed by atoms with Crippen LogP contribution in [-0.2, 0) is 14.3 Å². The van der Waals surface area contributed by atoms with E-state index in [4.69, 9.17) is 9.47 Å². The van der Waals surface area contributed by atoms with Gasteiger partial charge in [-0.2, -0.15) is 0 Å². The first-order chi connectivity index (χ1) is 14.3. The summed E-state index contributed by atoms with van der Waals surface area (Å²) in [6.45, 7) is 7.78. The minimum absolute atomic E-state index is 0.0526. The Morgan fingerprint density at radius 3 is 2.57 bits per heavy atom. The summed E-state index contributed by atoms with van der Waals surface area (Å²) in [6.07, 6.45) is 14.6. The summed E-state index contributed by atoms with van der Waals surface area (Å²) in [5.74, 6) is 5.14. The normalized spacial score (nSPS) is 52.0. The third-order valence-corrected chi connectivity index (χ3v) is 11.9. The third-order valence-electron chi connectivity index (χ3n) is 11.9. The fourth-order valence-corrected chi connectivity index (χ4v) is 10.4. The Kier molecular flexibility index (Phi) is 5.12. The first-order valence-corrected chi connectivity index (χ1v) is 12.9. The van der Waals surface area contributed by atoms with E-state index in [1.54, 1.807) is 0 Å². The number of esters is 1. The van der Waals surface area contributed by atoms with Gasteiger partial charge < -0.3 is 9.47 Å². The molecule has 170 valence electrons. The van der Waals surface area contributed by atoms with Crippen LogP contribution in [-0.4, -0.2) is 26.3 Å². The predicted molar refractivity (Wildman–Crippen MR) is 119 cm³/mol. The van der Waals surface area contributed by atoms with Crippen molar-refractivity contribution in [1.82, 2.24) is 0 Å². The van der Waals surface area contributed by atoms with Crippen molar-refractivity contribution in [3.05, 3.63) is 0 Å². The molecule has 10 atom stereocenters. The summed E-state index contributed by atoms with van der Waals surface area (Å²) in [5, 5.41) is 0. The van der Waals surface area contributed by atoms with Crippen LogP contribution in [0.5, 0.6) is 0 Å². The summed E-state index contributed by atoms with van der Waals surface area (Å²) >= 11 is 0. The van der Waals surface area contributed by atoms with Crippen LogP contribution >= 0.6 is 0 Å². The van der Waals surface area contributed by atoms with Crippen molar-refractivity contribution in [1.29, 1.82) is 0 Å². The third kappa shape index (κ3) is 2.69. The second kappa shape index (κ2) is 7.22. The average molecular weight is 417 g/mol. The maximum Gasteiger partial charge on any atom is 0.305 e. The van der Waals surface area contributed by atoms with Crippen molar-refractivity contribution in [2.24, 2.45) is 51.8 Å². The summed E-state index contributed by atoms with van der Waals surface area (Å²) in [4.78, 5) is 11.5. The van der Waals surface area contributed by atoms with E-state index >= 15 is 0 Å². The van der Waals surface area contributed by atoms with Crippen molar-refractivity contribution in [2.75, 3.05) is 14.2 Å². The molecule has 0 N–H and O–H groups in total. The molecule has 0 heterocycles. The summed E-state index contributed by atoms with van der Waals surface area (Å²) in [5.41, 5.74) is 1.56. The molecule has 3 heteroatoms. The molecule has 0 aromatic heterocycles. The highest BCUT2D eigenvalue weighted by Crippen LogP contribution is 2.82. The second-order valence-corrected chi connectivity index (χ2v) is 12.4. The van der Waals surface area contributed by atoms with Crippen molar-refractivity contribution in [2.45, 2.75) is 97.5 Å². The number of hydrogen-bond donors (Lipinski definition) is 0. The van der Waals surface area contributed by atoms with Gasteiger partial charge in [-0.05, 0) is 111 Å². The lowest BCUT2D eigenvalue weighted by atomic mass is 9.45. The average Bonchev–Trinajstić information content (AvgIpc) is 3.24. The topological polar surface area (TPSA) is 35.5 Å². The lowest BCUT2D eigenvalue weighted by Crippen LogP contribution is -2.57. The van der Waals surface area contributed by atoms with Gasteiger partial charge >= 0.3 is 5.97 Å². The van der Waals surface area contributed by atoms with E-state index in [1.165, 1.54) is 64.9 Å². The van der Waals surface area contributed by atoms with E-state index in [9.17, 15) is 4.79 Å².